The highest BCUT2D eigenvalue weighted by Gasteiger charge is 2.39. The van der Waals surface area contributed by atoms with E-state index in [2.05, 4.69) is 29.6 Å². The van der Waals surface area contributed by atoms with E-state index < -0.39 is 24.0 Å². The molecule has 3 atom stereocenters. The van der Waals surface area contributed by atoms with Crippen molar-refractivity contribution in [3.05, 3.63) is 59.7 Å². The number of thioether (sulfide) groups is 1. The van der Waals surface area contributed by atoms with Crippen LogP contribution in [0, 0.1) is 11.8 Å². The number of likely N-dealkylation sites (tertiary alicyclic amines) is 1. The van der Waals surface area contributed by atoms with Gasteiger partial charge in [-0.05, 0) is 46.6 Å². The second-order valence-corrected chi connectivity index (χ2v) is 9.95. The number of alkyl carbamates (subject to hydrolysis) is 1. The molecule has 180 valence electrons. The number of amides is 2. The molecule has 34 heavy (non-hydrogen) atoms. The third-order valence-electron chi connectivity index (χ3n) is 6.79. The largest absolute Gasteiger partial charge is 0.481 e. The number of carbonyl (C=O) groups excluding carboxylic acids is 2. The zero-order valence-corrected chi connectivity index (χ0v) is 20.2. The Hall–Kier alpha value is -3.00. The molecule has 0 aromatic heterocycles. The smallest absolute Gasteiger partial charge is 0.407 e. The number of hydrogen-bond acceptors (Lipinski definition) is 5. The van der Waals surface area contributed by atoms with Gasteiger partial charge in [0, 0.05) is 19.0 Å². The summed E-state index contributed by atoms with van der Waals surface area (Å²) in [7, 11) is 0. The quantitative estimate of drug-likeness (QED) is 0.594. The molecule has 0 spiro atoms. The zero-order chi connectivity index (χ0) is 24.2. The first-order valence-corrected chi connectivity index (χ1v) is 12.9. The average molecular weight is 483 g/mol. The number of rotatable bonds is 8. The number of nitrogens with zero attached hydrogens (tertiary/aromatic N) is 1. The van der Waals surface area contributed by atoms with Crippen molar-refractivity contribution in [2.45, 2.75) is 25.3 Å². The van der Waals surface area contributed by atoms with Crippen molar-refractivity contribution in [2.75, 3.05) is 31.7 Å². The van der Waals surface area contributed by atoms with Crippen LogP contribution in [0.4, 0.5) is 4.79 Å². The Morgan fingerprint density at radius 3 is 2.26 bits per heavy atom. The number of benzene rings is 2. The second-order valence-electron chi connectivity index (χ2n) is 8.97. The summed E-state index contributed by atoms with van der Waals surface area (Å²) in [6, 6.07) is 15.5. The summed E-state index contributed by atoms with van der Waals surface area (Å²) in [5.74, 6) is -1.23. The van der Waals surface area contributed by atoms with Gasteiger partial charge in [-0.1, -0.05) is 55.5 Å². The van der Waals surface area contributed by atoms with E-state index >= 15 is 0 Å². The molecule has 7 nitrogen and oxygen atoms in total. The molecule has 3 unspecified atom stereocenters. The molecule has 1 aliphatic carbocycles. The van der Waals surface area contributed by atoms with Crippen LogP contribution in [0.25, 0.3) is 11.1 Å². The topological polar surface area (TPSA) is 95.9 Å². The minimum absolute atomic E-state index is 0.0609. The van der Waals surface area contributed by atoms with Crippen molar-refractivity contribution in [3.8, 4) is 11.1 Å². The van der Waals surface area contributed by atoms with Gasteiger partial charge in [0.15, 0.2) is 0 Å². The summed E-state index contributed by atoms with van der Waals surface area (Å²) < 4.78 is 5.62. The molecule has 1 aliphatic heterocycles. The van der Waals surface area contributed by atoms with Gasteiger partial charge in [0.2, 0.25) is 5.91 Å². The number of hydrogen-bond donors (Lipinski definition) is 2. The first kappa shape index (κ1) is 24.1. The van der Waals surface area contributed by atoms with Gasteiger partial charge in [0.25, 0.3) is 0 Å². The van der Waals surface area contributed by atoms with Gasteiger partial charge in [-0.25, -0.2) is 4.79 Å². The van der Waals surface area contributed by atoms with Crippen LogP contribution in [0.15, 0.2) is 48.5 Å². The maximum absolute atomic E-state index is 13.1. The van der Waals surface area contributed by atoms with Crippen LogP contribution in [0.3, 0.4) is 0 Å². The summed E-state index contributed by atoms with van der Waals surface area (Å²) in [6.45, 7) is 2.54. The number of carbonyl (C=O) groups is 3. The van der Waals surface area contributed by atoms with Crippen molar-refractivity contribution in [3.63, 3.8) is 0 Å². The predicted octanol–water partition coefficient (Wildman–Crippen LogP) is 3.83. The molecule has 0 radical (unpaired) electrons. The van der Waals surface area contributed by atoms with Gasteiger partial charge in [0.05, 0.1) is 5.92 Å². The fraction of sp³-hybridized carbons (Fsp3) is 0.423. The lowest BCUT2D eigenvalue weighted by Gasteiger charge is -2.24. The third-order valence-corrected chi connectivity index (χ3v) is 7.43. The van der Waals surface area contributed by atoms with Gasteiger partial charge in [0.1, 0.15) is 12.6 Å². The van der Waals surface area contributed by atoms with Crippen LogP contribution in [0.1, 0.15) is 30.4 Å². The van der Waals surface area contributed by atoms with E-state index in [1.54, 1.807) is 16.7 Å². The SMILES string of the molecule is CSCCC(NC(=O)OCC1c2ccccc2-c2ccccc21)C(=O)N1CC(C)C(C(=O)O)C1. The summed E-state index contributed by atoms with van der Waals surface area (Å²) in [5.41, 5.74) is 4.54. The lowest BCUT2D eigenvalue weighted by atomic mass is 9.98. The van der Waals surface area contributed by atoms with Crippen LogP contribution in [0.5, 0.6) is 0 Å². The number of ether oxygens (including phenoxy) is 1. The Kier molecular flexibility index (Phi) is 7.46. The van der Waals surface area contributed by atoms with Gasteiger partial charge in [-0.3, -0.25) is 9.59 Å². The minimum Gasteiger partial charge on any atom is -0.481 e. The first-order valence-electron chi connectivity index (χ1n) is 11.5. The Bertz CT molecular complexity index is 1030. The normalized spacial score (nSPS) is 19.9. The minimum atomic E-state index is -0.895. The monoisotopic (exact) mass is 482 g/mol. The molecule has 8 heteroatoms. The van der Waals surface area contributed by atoms with Gasteiger partial charge in [-0.15, -0.1) is 0 Å². The maximum Gasteiger partial charge on any atom is 0.407 e. The molecule has 2 aromatic carbocycles. The summed E-state index contributed by atoms with van der Waals surface area (Å²) in [6.07, 6.45) is 1.75. The van der Waals surface area contributed by atoms with E-state index in [0.29, 0.717) is 18.7 Å². The molecular formula is C26H30N2O5S. The van der Waals surface area contributed by atoms with Crippen molar-refractivity contribution < 1.29 is 24.2 Å². The van der Waals surface area contributed by atoms with E-state index in [0.717, 1.165) is 22.3 Å². The van der Waals surface area contributed by atoms with Crippen molar-refractivity contribution in [2.24, 2.45) is 11.8 Å². The van der Waals surface area contributed by atoms with Crippen LogP contribution in [0.2, 0.25) is 0 Å². The molecule has 2 aromatic rings. The average Bonchev–Trinajstić information content (AvgIpc) is 3.38. The summed E-state index contributed by atoms with van der Waals surface area (Å²) in [4.78, 5) is 38.9. The third kappa shape index (κ3) is 4.92. The summed E-state index contributed by atoms with van der Waals surface area (Å²) in [5, 5.41) is 12.1. The molecule has 1 fully saturated rings. The van der Waals surface area contributed by atoms with Crippen molar-refractivity contribution in [1.29, 1.82) is 0 Å². The number of carboxylic acid groups (broad SMARTS) is 1. The van der Waals surface area contributed by atoms with Crippen LogP contribution in [-0.2, 0) is 14.3 Å². The Labute approximate surface area is 203 Å². The standard InChI is InChI=1S/C26H30N2O5S/c1-16-13-28(14-21(16)25(30)31)24(29)23(11-12-34-2)27-26(32)33-15-22-19-9-5-3-7-17(19)18-8-4-6-10-20(18)22/h3-10,16,21-23H,11-15H2,1-2H3,(H,27,32)(H,30,31). The Morgan fingerprint density at radius 2 is 1.71 bits per heavy atom. The van der Waals surface area contributed by atoms with Crippen molar-refractivity contribution >= 4 is 29.7 Å². The molecule has 1 saturated heterocycles. The van der Waals surface area contributed by atoms with E-state index in [1.165, 1.54) is 0 Å². The molecule has 2 aliphatic rings. The van der Waals surface area contributed by atoms with E-state index in [9.17, 15) is 19.5 Å². The zero-order valence-electron chi connectivity index (χ0n) is 19.4. The fourth-order valence-electron chi connectivity index (χ4n) is 4.96. The molecular weight excluding hydrogens is 452 g/mol. The second kappa shape index (κ2) is 10.5. The van der Waals surface area contributed by atoms with Gasteiger partial charge < -0.3 is 20.1 Å². The number of aliphatic carboxylic acids is 1. The van der Waals surface area contributed by atoms with E-state index in [4.69, 9.17) is 4.74 Å². The van der Waals surface area contributed by atoms with Crippen LogP contribution < -0.4 is 5.32 Å². The number of fused-ring (bicyclic) bond motifs is 3. The van der Waals surface area contributed by atoms with Crippen molar-refractivity contribution in [1.82, 2.24) is 10.2 Å². The molecule has 4 rings (SSSR count). The molecule has 0 bridgehead atoms. The predicted molar refractivity (Wildman–Crippen MR) is 132 cm³/mol. The van der Waals surface area contributed by atoms with E-state index in [1.807, 2.05) is 37.4 Å². The number of carboxylic acids is 1. The highest BCUT2D eigenvalue weighted by atomic mass is 32.2. The fourth-order valence-corrected chi connectivity index (χ4v) is 5.44. The Balaban J connectivity index is 1.41. The molecule has 2 N–H and O–H groups in total. The molecule has 1 heterocycles. The lowest BCUT2D eigenvalue weighted by Crippen LogP contribution is -2.48. The van der Waals surface area contributed by atoms with Gasteiger partial charge >= 0.3 is 12.1 Å². The van der Waals surface area contributed by atoms with Gasteiger partial charge in [-0.2, -0.15) is 11.8 Å². The highest BCUT2D eigenvalue weighted by molar-refractivity contribution is 7.98. The van der Waals surface area contributed by atoms with E-state index in [-0.39, 0.29) is 30.9 Å². The van der Waals surface area contributed by atoms with Crippen LogP contribution in [-0.4, -0.2) is 65.7 Å². The van der Waals surface area contributed by atoms with Crippen LogP contribution >= 0.6 is 11.8 Å². The summed E-state index contributed by atoms with van der Waals surface area (Å²) >= 11 is 1.58. The lowest BCUT2D eigenvalue weighted by molar-refractivity contribution is -0.142. The maximum atomic E-state index is 13.1. The highest BCUT2D eigenvalue weighted by Crippen LogP contribution is 2.44. The molecule has 2 amide bonds. The Morgan fingerprint density at radius 1 is 1.09 bits per heavy atom. The number of nitrogens with one attached hydrogen (secondary N) is 1. The molecule has 0 saturated carbocycles. The first-order chi connectivity index (χ1) is 16.4.